The maximum absolute atomic E-state index is 13.2. The molecule has 0 saturated carbocycles. The van der Waals surface area contributed by atoms with Crippen LogP contribution in [0.4, 0.5) is 5.69 Å². The number of nitrogens with zero attached hydrogens (tertiary/aromatic N) is 2. The number of rotatable bonds is 6. The van der Waals surface area contributed by atoms with Crippen LogP contribution in [0.1, 0.15) is 11.3 Å². The third-order valence-corrected chi connectivity index (χ3v) is 7.24. The Morgan fingerprint density at radius 3 is 2.77 bits per heavy atom. The number of aromatic nitrogens is 2. The summed E-state index contributed by atoms with van der Waals surface area (Å²) in [5.74, 6) is 1.45. The third-order valence-electron chi connectivity index (χ3n) is 4.79. The van der Waals surface area contributed by atoms with Gasteiger partial charge in [0.05, 0.1) is 29.1 Å². The van der Waals surface area contributed by atoms with Crippen molar-refractivity contribution < 1.29 is 9.53 Å². The highest BCUT2D eigenvalue weighted by Gasteiger charge is 2.23. The van der Waals surface area contributed by atoms with E-state index in [1.165, 1.54) is 23.5 Å². The van der Waals surface area contributed by atoms with E-state index in [9.17, 15) is 9.59 Å². The van der Waals surface area contributed by atoms with Gasteiger partial charge in [0.15, 0.2) is 5.16 Å². The highest BCUT2D eigenvalue weighted by Crippen LogP contribution is 2.30. The third kappa shape index (κ3) is 4.76. The lowest BCUT2D eigenvalue weighted by Gasteiger charge is -2.14. The monoisotopic (exact) mass is 473 g/mol. The standard InChI is InChI=1S/C22H20ClN3O3S2/c1-13-3-4-14(11-17(13)23)24-19(27)12-31-22-25-18-9-10-30-20(18)21(28)26(22)15-5-7-16(29-2)8-6-15/h3-8,11H,9-10,12H2,1-2H3,(H,24,27). The van der Waals surface area contributed by atoms with Gasteiger partial charge in [0.2, 0.25) is 5.91 Å². The molecule has 0 fully saturated rings. The number of ether oxygens (including phenoxy) is 1. The average molecular weight is 474 g/mol. The summed E-state index contributed by atoms with van der Waals surface area (Å²) in [6.07, 6.45) is 0.750. The number of carbonyl (C=O) groups is 1. The van der Waals surface area contributed by atoms with E-state index in [1.807, 2.05) is 31.2 Å². The Morgan fingerprint density at radius 1 is 1.29 bits per heavy atom. The Bertz CT molecular complexity index is 1200. The second-order valence-corrected chi connectivity index (χ2v) is 9.36. The smallest absolute Gasteiger partial charge is 0.272 e. The van der Waals surface area contributed by atoms with Crippen LogP contribution < -0.4 is 15.6 Å². The van der Waals surface area contributed by atoms with Gasteiger partial charge in [0.1, 0.15) is 5.75 Å². The summed E-state index contributed by atoms with van der Waals surface area (Å²) in [4.78, 5) is 31.1. The molecule has 0 atom stereocenters. The highest BCUT2D eigenvalue weighted by atomic mass is 35.5. The summed E-state index contributed by atoms with van der Waals surface area (Å²) >= 11 is 8.90. The molecule has 2 heterocycles. The Hall–Kier alpha value is -2.42. The number of methoxy groups -OCH3 is 1. The molecule has 3 aromatic rings. The lowest BCUT2D eigenvalue weighted by molar-refractivity contribution is -0.113. The molecular formula is C22H20ClN3O3S2. The fourth-order valence-electron chi connectivity index (χ4n) is 3.15. The molecule has 2 aromatic carbocycles. The van der Waals surface area contributed by atoms with Crippen LogP contribution in [0.2, 0.25) is 5.02 Å². The summed E-state index contributed by atoms with van der Waals surface area (Å²) in [6.45, 7) is 1.90. The second-order valence-electron chi connectivity index (χ2n) is 6.91. The predicted octanol–water partition coefficient (Wildman–Crippen LogP) is 4.58. The van der Waals surface area contributed by atoms with Crippen LogP contribution in [0.5, 0.6) is 5.75 Å². The van der Waals surface area contributed by atoms with Gasteiger partial charge >= 0.3 is 0 Å². The Morgan fingerprint density at radius 2 is 2.06 bits per heavy atom. The summed E-state index contributed by atoms with van der Waals surface area (Å²) < 4.78 is 6.78. The minimum Gasteiger partial charge on any atom is -0.497 e. The van der Waals surface area contributed by atoms with Crippen molar-refractivity contribution in [1.82, 2.24) is 9.55 Å². The van der Waals surface area contributed by atoms with Crippen LogP contribution in [0.15, 0.2) is 57.3 Å². The fourth-order valence-corrected chi connectivity index (χ4v) is 5.18. The lowest BCUT2D eigenvalue weighted by Crippen LogP contribution is -2.24. The molecule has 0 aliphatic carbocycles. The second kappa shape index (κ2) is 9.38. The molecule has 0 bridgehead atoms. The number of aryl methyl sites for hydroxylation is 2. The van der Waals surface area contributed by atoms with Gasteiger partial charge in [-0.1, -0.05) is 29.4 Å². The predicted molar refractivity (Wildman–Crippen MR) is 126 cm³/mol. The number of benzene rings is 2. The van der Waals surface area contributed by atoms with Crippen LogP contribution in [0.3, 0.4) is 0 Å². The molecule has 0 spiro atoms. The van der Waals surface area contributed by atoms with Gasteiger partial charge in [0, 0.05) is 22.9 Å². The van der Waals surface area contributed by atoms with Crippen molar-refractivity contribution in [3.05, 3.63) is 69.1 Å². The number of nitrogens with one attached hydrogen (secondary N) is 1. The van der Waals surface area contributed by atoms with E-state index < -0.39 is 0 Å². The topological polar surface area (TPSA) is 73.2 Å². The minimum atomic E-state index is -0.199. The molecule has 0 unspecified atom stereocenters. The molecule has 0 saturated heterocycles. The SMILES string of the molecule is COc1ccc(-n2c(SCC(=O)Nc3ccc(C)c(Cl)c3)nc3c(c2=O)SCC3)cc1. The zero-order valence-electron chi connectivity index (χ0n) is 17.0. The Kier molecular flexibility index (Phi) is 6.60. The number of amides is 1. The van der Waals surface area contributed by atoms with Crippen molar-refractivity contribution in [3.63, 3.8) is 0 Å². The number of anilines is 1. The molecule has 1 aliphatic rings. The zero-order valence-corrected chi connectivity index (χ0v) is 19.4. The Labute approximate surface area is 193 Å². The van der Waals surface area contributed by atoms with E-state index in [2.05, 4.69) is 5.32 Å². The molecule has 1 aromatic heterocycles. The van der Waals surface area contributed by atoms with Gasteiger partial charge in [-0.05, 0) is 48.9 Å². The van der Waals surface area contributed by atoms with Crippen molar-refractivity contribution in [2.45, 2.75) is 23.4 Å². The van der Waals surface area contributed by atoms with E-state index in [-0.39, 0.29) is 17.2 Å². The van der Waals surface area contributed by atoms with Gasteiger partial charge in [-0.2, -0.15) is 0 Å². The van der Waals surface area contributed by atoms with Crippen LogP contribution in [-0.4, -0.2) is 34.1 Å². The molecule has 9 heteroatoms. The van der Waals surface area contributed by atoms with Gasteiger partial charge in [-0.25, -0.2) is 4.98 Å². The fraction of sp³-hybridized carbons (Fsp3) is 0.227. The van der Waals surface area contributed by atoms with Gasteiger partial charge in [-0.3, -0.25) is 14.2 Å². The molecule has 1 N–H and O–H groups in total. The minimum absolute atomic E-state index is 0.106. The number of hydrogen-bond acceptors (Lipinski definition) is 6. The molecule has 31 heavy (non-hydrogen) atoms. The number of fused-ring (bicyclic) bond motifs is 1. The van der Waals surface area contributed by atoms with Crippen molar-refractivity contribution in [1.29, 1.82) is 0 Å². The number of halogens is 1. The van der Waals surface area contributed by atoms with Crippen LogP contribution in [-0.2, 0) is 11.2 Å². The van der Waals surface area contributed by atoms with Crippen LogP contribution >= 0.6 is 35.1 Å². The normalized spacial score (nSPS) is 12.5. The number of thioether (sulfide) groups is 2. The maximum Gasteiger partial charge on any atom is 0.272 e. The summed E-state index contributed by atoms with van der Waals surface area (Å²) in [6, 6.07) is 12.6. The van der Waals surface area contributed by atoms with E-state index in [0.717, 1.165) is 23.4 Å². The van der Waals surface area contributed by atoms with E-state index in [4.69, 9.17) is 21.3 Å². The quantitative estimate of drug-likeness (QED) is 0.417. The first-order valence-corrected chi connectivity index (χ1v) is 11.9. The largest absolute Gasteiger partial charge is 0.497 e. The highest BCUT2D eigenvalue weighted by molar-refractivity contribution is 8.00. The number of hydrogen-bond donors (Lipinski definition) is 1. The van der Waals surface area contributed by atoms with Gasteiger partial charge < -0.3 is 10.1 Å². The number of carbonyl (C=O) groups excluding carboxylic acids is 1. The average Bonchev–Trinajstić information content (AvgIpc) is 3.24. The van der Waals surface area contributed by atoms with E-state index >= 15 is 0 Å². The summed E-state index contributed by atoms with van der Waals surface area (Å²) in [5, 5.41) is 3.93. The molecular weight excluding hydrogens is 454 g/mol. The summed E-state index contributed by atoms with van der Waals surface area (Å²) in [5.41, 5.74) is 2.95. The molecule has 6 nitrogen and oxygen atoms in total. The zero-order chi connectivity index (χ0) is 22.0. The summed E-state index contributed by atoms with van der Waals surface area (Å²) in [7, 11) is 1.59. The van der Waals surface area contributed by atoms with E-state index in [1.54, 1.807) is 29.9 Å². The van der Waals surface area contributed by atoms with Crippen molar-refractivity contribution >= 4 is 46.7 Å². The van der Waals surface area contributed by atoms with Crippen molar-refractivity contribution in [3.8, 4) is 11.4 Å². The molecule has 0 radical (unpaired) electrons. The maximum atomic E-state index is 13.2. The lowest BCUT2D eigenvalue weighted by atomic mass is 10.2. The first kappa shape index (κ1) is 21.8. The van der Waals surface area contributed by atoms with Gasteiger partial charge in [0.25, 0.3) is 5.56 Å². The first-order chi connectivity index (χ1) is 15.0. The van der Waals surface area contributed by atoms with Crippen molar-refractivity contribution in [2.75, 3.05) is 23.9 Å². The molecule has 1 amide bonds. The molecule has 160 valence electrons. The van der Waals surface area contributed by atoms with Crippen molar-refractivity contribution in [2.24, 2.45) is 0 Å². The molecule has 1 aliphatic heterocycles. The first-order valence-electron chi connectivity index (χ1n) is 9.58. The van der Waals surface area contributed by atoms with Gasteiger partial charge in [-0.15, -0.1) is 11.8 Å². The molecule has 4 rings (SSSR count). The van der Waals surface area contributed by atoms with Crippen LogP contribution in [0.25, 0.3) is 5.69 Å². The van der Waals surface area contributed by atoms with E-state index in [0.29, 0.717) is 32.2 Å². The Balaban J connectivity index is 1.59. The van der Waals surface area contributed by atoms with Crippen LogP contribution in [0, 0.1) is 6.92 Å².